The summed E-state index contributed by atoms with van der Waals surface area (Å²) in [5.74, 6) is -0.285. The summed E-state index contributed by atoms with van der Waals surface area (Å²) in [6, 6.07) is 21.1. The van der Waals surface area contributed by atoms with Gasteiger partial charge in [-0.1, -0.05) is 46.3 Å². The second-order valence-electron chi connectivity index (χ2n) is 5.59. The van der Waals surface area contributed by atoms with Gasteiger partial charge in [0.15, 0.2) is 5.75 Å². The summed E-state index contributed by atoms with van der Waals surface area (Å²) < 4.78 is 30.9. The van der Waals surface area contributed by atoms with Crippen LogP contribution < -0.4 is 9.61 Å². The van der Waals surface area contributed by atoms with Crippen molar-refractivity contribution in [2.24, 2.45) is 5.10 Å². The van der Waals surface area contributed by atoms with Crippen molar-refractivity contribution in [3.8, 4) is 5.75 Å². The minimum Gasteiger partial charge on any atom is -0.378 e. The minimum absolute atomic E-state index is 0.0466. The molecule has 0 radical (unpaired) electrons. The minimum atomic E-state index is -3.98. The first-order valence-electron chi connectivity index (χ1n) is 8.13. The average molecular weight is 459 g/mol. The molecule has 0 aliphatic carbocycles. The smallest absolute Gasteiger partial charge is 0.339 e. The quantitative estimate of drug-likeness (QED) is 0.343. The number of benzene rings is 3. The lowest BCUT2D eigenvalue weighted by Crippen LogP contribution is -2.17. The number of amides is 1. The maximum atomic E-state index is 12.4. The van der Waals surface area contributed by atoms with E-state index in [9.17, 15) is 13.2 Å². The van der Waals surface area contributed by atoms with Crippen LogP contribution in [0.3, 0.4) is 0 Å². The van der Waals surface area contributed by atoms with Crippen molar-refractivity contribution in [3.63, 3.8) is 0 Å². The normalized spacial score (nSPS) is 11.3. The number of hydrazone groups is 1. The Labute approximate surface area is 171 Å². The van der Waals surface area contributed by atoms with Crippen LogP contribution >= 0.6 is 15.9 Å². The molecule has 3 aromatic carbocycles. The van der Waals surface area contributed by atoms with E-state index in [0.717, 1.165) is 4.47 Å². The highest BCUT2D eigenvalue weighted by molar-refractivity contribution is 9.10. The van der Waals surface area contributed by atoms with Gasteiger partial charge in [0.25, 0.3) is 5.91 Å². The largest absolute Gasteiger partial charge is 0.378 e. The Balaban J connectivity index is 1.74. The third kappa shape index (κ3) is 5.05. The second-order valence-corrected chi connectivity index (χ2v) is 8.06. The van der Waals surface area contributed by atoms with Gasteiger partial charge in [-0.25, -0.2) is 5.43 Å². The summed E-state index contributed by atoms with van der Waals surface area (Å²) in [5.41, 5.74) is 3.24. The molecule has 0 atom stereocenters. The highest BCUT2D eigenvalue weighted by Gasteiger charge is 2.17. The van der Waals surface area contributed by atoms with Gasteiger partial charge in [0.1, 0.15) is 4.90 Å². The van der Waals surface area contributed by atoms with Crippen LogP contribution in [0, 0.1) is 0 Å². The van der Waals surface area contributed by atoms with Crippen LogP contribution in [-0.2, 0) is 10.1 Å². The molecule has 0 aromatic heterocycles. The number of hydrogen-bond acceptors (Lipinski definition) is 5. The molecule has 6 nitrogen and oxygen atoms in total. The van der Waals surface area contributed by atoms with Crippen molar-refractivity contribution in [3.05, 3.63) is 94.5 Å². The molecular formula is C20H15BrN2O4S. The predicted molar refractivity (Wildman–Crippen MR) is 110 cm³/mol. The molecule has 0 fully saturated rings. The molecule has 0 saturated carbocycles. The van der Waals surface area contributed by atoms with Crippen molar-refractivity contribution in [1.82, 2.24) is 5.43 Å². The fraction of sp³-hybridized carbons (Fsp3) is 0. The molecule has 0 aliphatic heterocycles. The monoisotopic (exact) mass is 458 g/mol. The first-order valence-corrected chi connectivity index (χ1v) is 10.3. The van der Waals surface area contributed by atoms with E-state index in [1.807, 2.05) is 0 Å². The van der Waals surface area contributed by atoms with Crippen molar-refractivity contribution in [2.75, 3.05) is 0 Å². The van der Waals surface area contributed by atoms with Crippen molar-refractivity contribution >= 4 is 38.2 Å². The summed E-state index contributed by atoms with van der Waals surface area (Å²) in [6.07, 6.45) is 1.33. The number of halogens is 1. The van der Waals surface area contributed by atoms with E-state index in [4.69, 9.17) is 4.18 Å². The number of carbonyl (C=O) groups is 1. The summed E-state index contributed by atoms with van der Waals surface area (Å²) in [7, 11) is -3.98. The first-order chi connectivity index (χ1) is 13.5. The van der Waals surface area contributed by atoms with E-state index < -0.39 is 10.1 Å². The van der Waals surface area contributed by atoms with Gasteiger partial charge in [0, 0.05) is 15.6 Å². The predicted octanol–water partition coefficient (Wildman–Crippen LogP) is 3.98. The molecule has 28 heavy (non-hydrogen) atoms. The van der Waals surface area contributed by atoms with Gasteiger partial charge in [-0.2, -0.15) is 13.5 Å². The number of carbonyl (C=O) groups excluding carboxylic acids is 1. The number of para-hydroxylation sites is 1. The van der Waals surface area contributed by atoms with Gasteiger partial charge in [0.2, 0.25) is 0 Å². The molecule has 3 aromatic rings. The van der Waals surface area contributed by atoms with Crippen LogP contribution in [0.1, 0.15) is 15.9 Å². The Morgan fingerprint density at radius 2 is 1.57 bits per heavy atom. The Morgan fingerprint density at radius 3 is 2.29 bits per heavy atom. The lowest BCUT2D eigenvalue weighted by Gasteiger charge is -2.09. The fourth-order valence-electron chi connectivity index (χ4n) is 2.24. The summed E-state index contributed by atoms with van der Waals surface area (Å²) in [5, 5.41) is 3.89. The van der Waals surface area contributed by atoms with Crippen LogP contribution in [0.2, 0.25) is 0 Å². The molecule has 0 saturated heterocycles. The molecule has 1 N–H and O–H groups in total. The van der Waals surface area contributed by atoms with E-state index in [0.29, 0.717) is 11.1 Å². The molecule has 0 unspecified atom stereocenters. The molecule has 142 valence electrons. The number of hydrogen-bond donors (Lipinski definition) is 1. The molecule has 0 spiro atoms. The molecular weight excluding hydrogens is 444 g/mol. The zero-order chi connectivity index (χ0) is 20.0. The van der Waals surface area contributed by atoms with Crippen molar-refractivity contribution in [2.45, 2.75) is 4.90 Å². The van der Waals surface area contributed by atoms with E-state index in [-0.39, 0.29) is 16.6 Å². The lowest BCUT2D eigenvalue weighted by atomic mass is 10.2. The average Bonchev–Trinajstić information content (AvgIpc) is 2.70. The number of rotatable bonds is 6. The SMILES string of the molecule is O=C(N/N=C/c1ccccc1OS(=O)(=O)c1ccccc1)c1ccc(Br)cc1. The third-order valence-electron chi connectivity index (χ3n) is 3.63. The van der Waals surface area contributed by atoms with Crippen molar-refractivity contribution < 1.29 is 17.4 Å². The zero-order valence-corrected chi connectivity index (χ0v) is 16.9. The maximum Gasteiger partial charge on any atom is 0.339 e. The molecule has 0 aliphatic rings. The zero-order valence-electron chi connectivity index (χ0n) is 14.4. The van der Waals surface area contributed by atoms with Crippen LogP contribution in [-0.4, -0.2) is 20.5 Å². The van der Waals surface area contributed by atoms with Crippen LogP contribution in [0.25, 0.3) is 0 Å². The van der Waals surface area contributed by atoms with Gasteiger partial charge in [-0.05, 0) is 48.5 Å². The van der Waals surface area contributed by atoms with Gasteiger partial charge >= 0.3 is 10.1 Å². The third-order valence-corrected chi connectivity index (χ3v) is 5.40. The molecule has 3 rings (SSSR count). The number of nitrogens with one attached hydrogen (secondary N) is 1. The summed E-state index contributed by atoms with van der Waals surface area (Å²) in [6.45, 7) is 0. The standard InChI is InChI=1S/C20H15BrN2O4S/c21-17-12-10-15(11-13-17)20(24)23-22-14-16-6-4-5-9-19(16)27-28(25,26)18-7-2-1-3-8-18/h1-14H,(H,23,24)/b22-14+. The summed E-state index contributed by atoms with van der Waals surface area (Å²) in [4.78, 5) is 12.1. The Hall–Kier alpha value is -2.97. The van der Waals surface area contributed by atoms with Gasteiger partial charge < -0.3 is 4.18 Å². The van der Waals surface area contributed by atoms with Gasteiger partial charge in [-0.3, -0.25) is 4.79 Å². The molecule has 8 heteroatoms. The molecule has 0 bridgehead atoms. The topological polar surface area (TPSA) is 84.8 Å². The van der Waals surface area contributed by atoms with E-state index in [2.05, 4.69) is 26.5 Å². The highest BCUT2D eigenvalue weighted by atomic mass is 79.9. The van der Waals surface area contributed by atoms with E-state index in [1.165, 1.54) is 24.4 Å². The Bertz CT molecular complexity index is 1100. The van der Waals surface area contributed by atoms with Gasteiger partial charge in [-0.15, -0.1) is 0 Å². The second kappa shape index (κ2) is 8.81. The summed E-state index contributed by atoms with van der Waals surface area (Å²) >= 11 is 3.30. The van der Waals surface area contributed by atoms with Gasteiger partial charge in [0.05, 0.1) is 6.21 Å². The fourth-order valence-corrected chi connectivity index (χ4v) is 3.48. The van der Waals surface area contributed by atoms with Crippen LogP contribution in [0.4, 0.5) is 0 Å². The Kier molecular flexibility index (Phi) is 6.23. The maximum absolute atomic E-state index is 12.4. The number of nitrogens with zero attached hydrogens (tertiary/aromatic N) is 1. The first kappa shape index (κ1) is 19.8. The van der Waals surface area contributed by atoms with E-state index >= 15 is 0 Å². The lowest BCUT2D eigenvalue weighted by molar-refractivity contribution is 0.0955. The van der Waals surface area contributed by atoms with E-state index in [1.54, 1.807) is 60.7 Å². The highest BCUT2D eigenvalue weighted by Crippen LogP contribution is 2.21. The molecule has 0 heterocycles. The molecule has 1 amide bonds. The Morgan fingerprint density at radius 1 is 0.929 bits per heavy atom. The van der Waals surface area contributed by atoms with Crippen LogP contribution in [0.5, 0.6) is 5.75 Å². The van der Waals surface area contributed by atoms with Crippen molar-refractivity contribution in [1.29, 1.82) is 0 Å². The van der Waals surface area contributed by atoms with Crippen LogP contribution in [0.15, 0.2) is 93.3 Å².